The lowest BCUT2D eigenvalue weighted by atomic mass is 10.2. The van der Waals surface area contributed by atoms with Gasteiger partial charge in [-0.3, -0.25) is 4.79 Å². The summed E-state index contributed by atoms with van der Waals surface area (Å²) in [5.74, 6) is -0.0385. The molecule has 0 bridgehead atoms. The topological polar surface area (TPSA) is 26.3 Å². The summed E-state index contributed by atoms with van der Waals surface area (Å²) in [4.78, 5) is 10.7. The zero-order valence-electron chi connectivity index (χ0n) is 7.84. The van der Waals surface area contributed by atoms with Crippen LogP contribution in [0, 0.1) is 0 Å². The van der Waals surface area contributed by atoms with Crippen molar-refractivity contribution < 1.29 is 31.0 Å². The van der Waals surface area contributed by atoms with Crippen molar-refractivity contribution >= 4 is 5.97 Å². The molecular formula is C8H16BrNO2. The Morgan fingerprint density at radius 3 is 2.42 bits per heavy atom. The first-order valence-corrected chi connectivity index (χ1v) is 3.97. The van der Waals surface area contributed by atoms with Gasteiger partial charge in [-0.2, -0.15) is 0 Å². The zero-order chi connectivity index (χ0) is 8.48. The van der Waals surface area contributed by atoms with Crippen molar-refractivity contribution in [2.24, 2.45) is 0 Å². The first-order valence-electron chi connectivity index (χ1n) is 3.97. The molecule has 1 fully saturated rings. The predicted octanol–water partition coefficient (Wildman–Crippen LogP) is -2.60. The summed E-state index contributed by atoms with van der Waals surface area (Å²) < 4.78 is 5.94. The number of ether oxygens (including phenoxy) is 1. The van der Waals surface area contributed by atoms with Crippen LogP contribution < -0.4 is 17.0 Å². The fourth-order valence-corrected chi connectivity index (χ4v) is 1.32. The van der Waals surface area contributed by atoms with Crippen LogP contribution in [0.1, 0.15) is 12.8 Å². The molecule has 1 aliphatic heterocycles. The molecule has 1 heterocycles. The third kappa shape index (κ3) is 4.07. The maximum absolute atomic E-state index is 10.7. The molecule has 0 saturated carbocycles. The molecule has 0 spiro atoms. The quantitative estimate of drug-likeness (QED) is 0.389. The predicted molar refractivity (Wildman–Crippen MR) is 42.0 cm³/mol. The summed E-state index contributed by atoms with van der Waals surface area (Å²) >= 11 is 0. The van der Waals surface area contributed by atoms with E-state index >= 15 is 0 Å². The summed E-state index contributed by atoms with van der Waals surface area (Å²) in [6.45, 7) is 0.922. The lowest BCUT2D eigenvalue weighted by Crippen LogP contribution is -3.00. The molecule has 12 heavy (non-hydrogen) atoms. The summed E-state index contributed by atoms with van der Waals surface area (Å²) in [6.07, 6.45) is 1.65. The summed E-state index contributed by atoms with van der Waals surface area (Å²) in [5.41, 5.74) is 0. The highest BCUT2D eigenvalue weighted by molar-refractivity contribution is 5.71. The zero-order valence-corrected chi connectivity index (χ0v) is 9.43. The number of carbonyl (C=O) groups is 1. The molecule has 0 aromatic rings. The molecule has 0 amide bonds. The Hall–Kier alpha value is -0.0900. The number of carbonyl (C=O) groups excluding carboxylic acids is 1. The molecule has 0 N–H and O–H groups in total. The third-order valence-corrected chi connectivity index (χ3v) is 1.72. The fourth-order valence-electron chi connectivity index (χ4n) is 1.32. The van der Waals surface area contributed by atoms with Crippen molar-refractivity contribution in [2.45, 2.75) is 18.9 Å². The molecule has 1 saturated heterocycles. The summed E-state index contributed by atoms with van der Waals surface area (Å²) in [7, 11) is 6.31. The van der Waals surface area contributed by atoms with E-state index in [-0.39, 0.29) is 29.1 Å². The molecule has 0 radical (unpaired) electrons. The second-order valence-corrected chi connectivity index (χ2v) is 4.12. The molecule has 72 valence electrons. The van der Waals surface area contributed by atoms with Gasteiger partial charge in [0.05, 0.1) is 21.1 Å². The maximum atomic E-state index is 10.7. The molecule has 4 heteroatoms. The monoisotopic (exact) mass is 237 g/mol. The molecule has 1 rings (SSSR count). The van der Waals surface area contributed by atoms with E-state index in [1.807, 2.05) is 0 Å². The lowest BCUT2D eigenvalue weighted by molar-refractivity contribution is -0.873. The molecule has 0 aromatic heterocycles. The van der Waals surface area contributed by atoms with Gasteiger partial charge < -0.3 is 26.2 Å². The fraction of sp³-hybridized carbons (Fsp3) is 0.875. The number of quaternary nitrogens is 1. The van der Waals surface area contributed by atoms with Gasteiger partial charge in [-0.1, -0.05) is 0 Å². The highest BCUT2D eigenvalue weighted by atomic mass is 79.9. The van der Waals surface area contributed by atoms with E-state index in [2.05, 4.69) is 21.1 Å². The van der Waals surface area contributed by atoms with Gasteiger partial charge in [0, 0.05) is 12.8 Å². The number of hydrogen-bond acceptors (Lipinski definition) is 2. The van der Waals surface area contributed by atoms with Gasteiger partial charge in [0.15, 0.2) is 6.10 Å². The van der Waals surface area contributed by atoms with E-state index in [0.717, 1.165) is 17.4 Å². The van der Waals surface area contributed by atoms with E-state index < -0.39 is 0 Å². The highest BCUT2D eigenvalue weighted by Gasteiger charge is 2.27. The van der Waals surface area contributed by atoms with E-state index in [9.17, 15) is 4.79 Å². The molecule has 0 aliphatic carbocycles. The molecule has 0 aromatic carbocycles. The van der Waals surface area contributed by atoms with E-state index in [1.54, 1.807) is 0 Å². The van der Waals surface area contributed by atoms with Crippen LogP contribution in [0.4, 0.5) is 0 Å². The van der Waals surface area contributed by atoms with Crippen LogP contribution in [0.2, 0.25) is 0 Å². The maximum Gasteiger partial charge on any atom is 0.306 e. The van der Waals surface area contributed by atoms with Gasteiger partial charge in [-0.25, -0.2) is 0 Å². The average molecular weight is 238 g/mol. The number of hydrogen-bond donors (Lipinski definition) is 0. The van der Waals surface area contributed by atoms with E-state index in [4.69, 9.17) is 4.74 Å². The van der Waals surface area contributed by atoms with E-state index in [1.165, 1.54) is 0 Å². The van der Waals surface area contributed by atoms with Gasteiger partial charge in [-0.05, 0) is 0 Å². The van der Waals surface area contributed by atoms with Crippen LogP contribution in [-0.2, 0) is 9.53 Å². The molecule has 1 aliphatic rings. The van der Waals surface area contributed by atoms with Crippen LogP contribution in [0.5, 0.6) is 0 Å². The van der Waals surface area contributed by atoms with Crippen molar-refractivity contribution in [2.75, 3.05) is 27.7 Å². The Kier molecular flexibility index (Phi) is 4.20. The van der Waals surface area contributed by atoms with Crippen molar-refractivity contribution in [3.63, 3.8) is 0 Å². The second-order valence-electron chi connectivity index (χ2n) is 4.12. The smallest absolute Gasteiger partial charge is 0.306 e. The third-order valence-electron chi connectivity index (χ3n) is 1.72. The SMILES string of the molecule is C[N+](C)(C)C[C@H]1CCC(=O)O1.[Br-]. The Labute approximate surface area is 84.0 Å². The highest BCUT2D eigenvalue weighted by Crippen LogP contribution is 2.15. The molecule has 1 atom stereocenters. The Morgan fingerprint density at radius 2 is 2.08 bits per heavy atom. The number of nitrogens with zero attached hydrogens (tertiary/aromatic N) is 1. The molecular weight excluding hydrogens is 222 g/mol. The second kappa shape index (κ2) is 4.23. The number of cyclic esters (lactones) is 1. The minimum absolute atomic E-state index is 0. The van der Waals surface area contributed by atoms with Crippen molar-refractivity contribution in [1.82, 2.24) is 0 Å². The van der Waals surface area contributed by atoms with Crippen LogP contribution in [0.3, 0.4) is 0 Å². The van der Waals surface area contributed by atoms with Crippen molar-refractivity contribution in [3.8, 4) is 0 Å². The van der Waals surface area contributed by atoms with Gasteiger partial charge in [0.2, 0.25) is 0 Å². The van der Waals surface area contributed by atoms with E-state index in [0.29, 0.717) is 6.42 Å². The number of esters is 1. The molecule has 3 nitrogen and oxygen atoms in total. The van der Waals surface area contributed by atoms with Gasteiger partial charge in [0.1, 0.15) is 6.54 Å². The standard InChI is InChI=1S/C8H16NO2.BrH/c1-9(2,3)6-7-4-5-8(10)11-7;/h7H,4-6H2,1-3H3;1H/q+1;/p-1/t7-;/m1./s1. The Bertz CT molecular complexity index is 165. The van der Waals surface area contributed by atoms with Gasteiger partial charge in [0.25, 0.3) is 0 Å². The van der Waals surface area contributed by atoms with Crippen molar-refractivity contribution in [1.29, 1.82) is 0 Å². The van der Waals surface area contributed by atoms with Crippen LogP contribution in [0.15, 0.2) is 0 Å². The number of rotatable bonds is 2. The van der Waals surface area contributed by atoms with Crippen molar-refractivity contribution in [3.05, 3.63) is 0 Å². The van der Waals surface area contributed by atoms with Crippen LogP contribution in [0.25, 0.3) is 0 Å². The Balaban J connectivity index is 0.00000121. The largest absolute Gasteiger partial charge is 1.00 e. The number of likely N-dealkylation sites (N-methyl/N-ethyl adjacent to an activating group) is 1. The minimum atomic E-state index is -0.0385. The lowest BCUT2D eigenvalue weighted by Gasteiger charge is -2.26. The molecule has 0 unspecified atom stereocenters. The average Bonchev–Trinajstić information content (AvgIpc) is 2.10. The number of halogens is 1. The van der Waals surface area contributed by atoms with Crippen LogP contribution >= 0.6 is 0 Å². The first kappa shape index (κ1) is 11.9. The Morgan fingerprint density at radius 1 is 1.50 bits per heavy atom. The first-order chi connectivity index (χ1) is 4.97. The normalized spacial score (nSPS) is 23.2. The van der Waals surface area contributed by atoms with Crippen LogP contribution in [-0.4, -0.2) is 44.2 Å². The summed E-state index contributed by atoms with van der Waals surface area (Å²) in [6, 6.07) is 0. The minimum Gasteiger partial charge on any atom is -1.00 e. The van der Waals surface area contributed by atoms with Gasteiger partial charge in [-0.15, -0.1) is 0 Å². The summed E-state index contributed by atoms with van der Waals surface area (Å²) in [5, 5.41) is 0. The van der Waals surface area contributed by atoms with Gasteiger partial charge >= 0.3 is 5.97 Å².